The van der Waals surface area contributed by atoms with E-state index in [1.54, 1.807) is 0 Å². The van der Waals surface area contributed by atoms with E-state index in [9.17, 15) is 35.1 Å². The number of benzene rings is 2. The molecule has 0 saturated heterocycles. The van der Waals surface area contributed by atoms with E-state index in [0.29, 0.717) is 0 Å². The van der Waals surface area contributed by atoms with Gasteiger partial charge in [0.1, 0.15) is 0 Å². The van der Waals surface area contributed by atoms with Crippen molar-refractivity contribution in [2.45, 2.75) is 6.36 Å². The second kappa shape index (κ2) is 6.17. The van der Waals surface area contributed by atoms with Gasteiger partial charge in [0.05, 0.1) is 12.7 Å². The Kier molecular flexibility index (Phi) is 4.59. The average Bonchev–Trinajstić information content (AvgIpc) is 2.50. The lowest BCUT2D eigenvalue weighted by atomic mass is 10.0. The quantitative estimate of drug-likeness (QED) is 0.439. The van der Waals surface area contributed by atoms with Crippen molar-refractivity contribution in [2.24, 2.45) is 0 Å². The van der Waals surface area contributed by atoms with Gasteiger partial charge in [-0.25, -0.2) is 22.0 Å². The van der Waals surface area contributed by atoms with Gasteiger partial charge in [-0.15, -0.1) is 13.2 Å². The minimum absolute atomic E-state index is 0.752. The van der Waals surface area contributed by atoms with E-state index >= 15 is 0 Å². The molecule has 0 aliphatic carbocycles. The van der Waals surface area contributed by atoms with Gasteiger partial charge in [-0.1, -0.05) is 12.1 Å². The lowest BCUT2D eigenvalue weighted by Gasteiger charge is -2.16. The van der Waals surface area contributed by atoms with E-state index in [1.165, 1.54) is 0 Å². The van der Waals surface area contributed by atoms with Crippen LogP contribution in [0.4, 0.5) is 35.1 Å². The summed E-state index contributed by atoms with van der Waals surface area (Å²) in [6, 6.07) is 2.44. The largest absolute Gasteiger partial charge is 0.573 e. The molecule has 0 unspecified atom stereocenters. The van der Waals surface area contributed by atoms with Crippen molar-refractivity contribution in [1.82, 2.24) is 0 Å². The van der Waals surface area contributed by atoms with E-state index in [1.807, 2.05) is 0 Å². The van der Waals surface area contributed by atoms with Crippen molar-refractivity contribution >= 4 is 0 Å². The van der Waals surface area contributed by atoms with Crippen LogP contribution in [0.15, 0.2) is 18.2 Å². The Hall–Kier alpha value is -2.52. The molecule has 0 bridgehead atoms. The monoisotopic (exact) mass is 358 g/mol. The third kappa shape index (κ3) is 3.08. The van der Waals surface area contributed by atoms with E-state index in [4.69, 9.17) is 0 Å². The summed E-state index contributed by atoms with van der Waals surface area (Å²) in [7, 11) is 0.841. The number of hydrogen-bond acceptors (Lipinski definition) is 2. The number of alkyl halides is 3. The van der Waals surface area contributed by atoms with Gasteiger partial charge in [0.15, 0.2) is 34.8 Å². The highest BCUT2D eigenvalue weighted by molar-refractivity contribution is 5.75. The number of methoxy groups -OCH3 is 1. The highest BCUT2D eigenvalue weighted by atomic mass is 19.4. The van der Waals surface area contributed by atoms with Crippen LogP contribution in [-0.4, -0.2) is 13.5 Å². The maximum atomic E-state index is 13.8. The molecule has 2 rings (SSSR count). The van der Waals surface area contributed by atoms with Crippen LogP contribution in [0.1, 0.15) is 0 Å². The number of halogens is 8. The highest BCUT2D eigenvalue weighted by Crippen LogP contribution is 2.43. The lowest BCUT2D eigenvalue weighted by Crippen LogP contribution is -2.17. The first-order valence-electron chi connectivity index (χ1n) is 6.03. The number of ether oxygens (including phenoxy) is 2. The molecule has 0 fully saturated rings. The SMILES string of the molecule is COc1c(OC(F)(F)F)cccc1-c1c(F)c(F)c(F)c(F)c1F. The van der Waals surface area contributed by atoms with Crippen LogP contribution in [0, 0.1) is 29.1 Å². The predicted molar refractivity (Wildman–Crippen MR) is 64.9 cm³/mol. The van der Waals surface area contributed by atoms with Crippen LogP contribution < -0.4 is 9.47 Å². The zero-order chi connectivity index (χ0) is 18.2. The molecule has 0 spiro atoms. The molecule has 0 aromatic heterocycles. The highest BCUT2D eigenvalue weighted by Gasteiger charge is 2.34. The number of rotatable bonds is 3. The zero-order valence-corrected chi connectivity index (χ0v) is 11.6. The summed E-state index contributed by atoms with van der Waals surface area (Å²) in [5.41, 5.74) is -2.23. The van der Waals surface area contributed by atoms with Crippen LogP contribution in [-0.2, 0) is 0 Å². The molecule has 0 saturated carbocycles. The molecule has 0 aliphatic rings. The molecule has 24 heavy (non-hydrogen) atoms. The minimum atomic E-state index is -5.16. The number of para-hydroxylation sites is 1. The molecule has 0 amide bonds. The second-order valence-corrected chi connectivity index (χ2v) is 4.33. The Morgan fingerprint density at radius 3 is 1.75 bits per heavy atom. The minimum Gasteiger partial charge on any atom is -0.492 e. The Morgan fingerprint density at radius 1 is 0.792 bits per heavy atom. The van der Waals surface area contributed by atoms with Crippen molar-refractivity contribution < 1.29 is 44.6 Å². The number of hydrogen-bond donors (Lipinski definition) is 0. The van der Waals surface area contributed by atoms with E-state index < -0.39 is 58.1 Å². The molecule has 10 heteroatoms. The predicted octanol–water partition coefficient (Wildman–Crippen LogP) is 4.96. The van der Waals surface area contributed by atoms with Gasteiger partial charge in [0.25, 0.3) is 0 Å². The summed E-state index contributed by atoms with van der Waals surface area (Å²) in [5, 5.41) is 0. The van der Waals surface area contributed by atoms with Gasteiger partial charge in [0, 0.05) is 5.56 Å². The topological polar surface area (TPSA) is 18.5 Å². The Balaban J connectivity index is 2.77. The maximum Gasteiger partial charge on any atom is 0.573 e. The fraction of sp³-hybridized carbons (Fsp3) is 0.143. The van der Waals surface area contributed by atoms with E-state index in [-0.39, 0.29) is 0 Å². The molecule has 0 N–H and O–H groups in total. The molecule has 2 aromatic rings. The van der Waals surface area contributed by atoms with Crippen LogP contribution in [0.2, 0.25) is 0 Å². The van der Waals surface area contributed by atoms with Gasteiger partial charge in [-0.3, -0.25) is 0 Å². The third-order valence-electron chi connectivity index (χ3n) is 2.89. The van der Waals surface area contributed by atoms with Crippen LogP contribution in [0.25, 0.3) is 11.1 Å². The van der Waals surface area contributed by atoms with Crippen molar-refractivity contribution in [3.63, 3.8) is 0 Å². The van der Waals surface area contributed by atoms with Gasteiger partial charge in [-0.05, 0) is 6.07 Å². The summed E-state index contributed by atoms with van der Waals surface area (Å²) in [5.74, 6) is -13.2. The standard InChI is InChI=1S/C14H6F8O2/c1-23-13-5(3-2-4-6(13)24-14(20,21)22)7-8(15)10(17)12(19)11(18)9(7)16/h2-4H,1H3. The summed E-state index contributed by atoms with van der Waals surface area (Å²) < 4.78 is 113. The lowest BCUT2D eigenvalue weighted by molar-refractivity contribution is -0.275. The van der Waals surface area contributed by atoms with Crippen LogP contribution in [0.5, 0.6) is 11.5 Å². The van der Waals surface area contributed by atoms with Crippen molar-refractivity contribution in [2.75, 3.05) is 7.11 Å². The molecule has 0 aliphatic heterocycles. The average molecular weight is 358 g/mol. The molecule has 0 atom stereocenters. The van der Waals surface area contributed by atoms with Crippen LogP contribution >= 0.6 is 0 Å². The molecular weight excluding hydrogens is 352 g/mol. The normalized spacial score (nSPS) is 11.5. The van der Waals surface area contributed by atoms with Crippen molar-refractivity contribution in [1.29, 1.82) is 0 Å². The van der Waals surface area contributed by atoms with Gasteiger partial charge >= 0.3 is 6.36 Å². The van der Waals surface area contributed by atoms with Gasteiger partial charge < -0.3 is 9.47 Å². The summed E-state index contributed by atoms with van der Waals surface area (Å²) >= 11 is 0. The Labute approximate surface area is 129 Å². The first-order chi connectivity index (χ1) is 11.1. The smallest absolute Gasteiger partial charge is 0.492 e. The van der Waals surface area contributed by atoms with Gasteiger partial charge in [-0.2, -0.15) is 0 Å². The second-order valence-electron chi connectivity index (χ2n) is 4.33. The van der Waals surface area contributed by atoms with Gasteiger partial charge in [0.2, 0.25) is 5.82 Å². The Bertz CT molecular complexity index is 756. The zero-order valence-electron chi connectivity index (χ0n) is 11.6. The maximum absolute atomic E-state index is 13.8. The molecule has 0 heterocycles. The van der Waals surface area contributed by atoms with E-state index in [0.717, 1.165) is 25.3 Å². The third-order valence-corrected chi connectivity index (χ3v) is 2.89. The first kappa shape index (κ1) is 17.8. The Morgan fingerprint density at radius 2 is 1.29 bits per heavy atom. The fourth-order valence-corrected chi connectivity index (χ4v) is 1.97. The van der Waals surface area contributed by atoms with E-state index in [2.05, 4.69) is 9.47 Å². The molecule has 2 nitrogen and oxygen atoms in total. The molecular formula is C14H6F8O2. The van der Waals surface area contributed by atoms with Crippen LogP contribution in [0.3, 0.4) is 0 Å². The summed E-state index contributed by atoms with van der Waals surface area (Å²) in [6.45, 7) is 0. The molecule has 2 aromatic carbocycles. The molecule has 0 radical (unpaired) electrons. The molecule has 130 valence electrons. The fourth-order valence-electron chi connectivity index (χ4n) is 1.97. The van der Waals surface area contributed by atoms with Crippen molar-refractivity contribution in [3.05, 3.63) is 47.3 Å². The van der Waals surface area contributed by atoms with Crippen molar-refractivity contribution in [3.8, 4) is 22.6 Å². The first-order valence-corrected chi connectivity index (χ1v) is 6.03. The summed E-state index contributed by atoms with van der Waals surface area (Å²) in [6.07, 6.45) is -5.16. The summed E-state index contributed by atoms with van der Waals surface area (Å²) in [4.78, 5) is 0.